The van der Waals surface area contributed by atoms with Gasteiger partial charge in [-0.25, -0.2) is 0 Å². The summed E-state index contributed by atoms with van der Waals surface area (Å²) in [6.45, 7) is 0. The Morgan fingerprint density at radius 2 is 1.29 bits per heavy atom. The van der Waals surface area contributed by atoms with Crippen molar-refractivity contribution in [2.75, 3.05) is 14.2 Å². The van der Waals surface area contributed by atoms with Gasteiger partial charge in [0.05, 0.1) is 14.2 Å². The molecule has 4 nitrogen and oxygen atoms in total. The molecule has 0 spiro atoms. The highest BCUT2D eigenvalue weighted by Crippen LogP contribution is 2.43. The van der Waals surface area contributed by atoms with Gasteiger partial charge >= 0.3 is 0 Å². The number of hydrogen-bond acceptors (Lipinski definition) is 4. The van der Waals surface area contributed by atoms with Crippen LogP contribution in [0.2, 0.25) is 0 Å². The molecule has 0 unspecified atom stereocenters. The predicted molar refractivity (Wildman–Crippen MR) is 133 cm³/mol. The Kier molecular flexibility index (Phi) is 5.64. The normalized spacial score (nSPS) is 13.5. The third-order valence-corrected chi connectivity index (χ3v) is 6.11. The number of benzene rings is 4. The van der Waals surface area contributed by atoms with Crippen LogP contribution in [0.3, 0.4) is 0 Å². The molecule has 0 N–H and O–H groups in total. The van der Waals surface area contributed by atoms with E-state index >= 15 is 0 Å². The third-order valence-electron chi connectivity index (χ3n) is 6.11. The minimum atomic E-state index is -0.837. The highest BCUT2D eigenvalue weighted by atomic mass is 16.5. The standard InChI is InChI=1S/C30H24O4/c1-32-26-13-9-24(10-14-26)30(25-11-15-27(33-2)16-12-25)19-18-22-20-23(8-17-28(22)34-30)29(31)21-6-4-3-5-7-21/h3-20H,1-2H3. The quantitative estimate of drug-likeness (QED) is 0.326. The third kappa shape index (κ3) is 3.84. The molecule has 0 bridgehead atoms. The lowest BCUT2D eigenvalue weighted by atomic mass is 9.83. The average molecular weight is 449 g/mol. The zero-order valence-electron chi connectivity index (χ0n) is 19.0. The van der Waals surface area contributed by atoms with E-state index in [0.29, 0.717) is 16.9 Å². The van der Waals surface area contributed by atoms with Crippen LogP contribution in [-0.2, 0) is 5.60 Å². The van der Waals surface area contributed by atoms with E-state index in [4.69, 9.17) is 14.2 Å². The second kappa shape index (κ2) is 8.91. The Labute approximate surface area is 199 Å². The van der Waals surface area contributed by atoms with Crippen molar-refractivity contribution in [3.05, 3.63) is 131 Å². The van der Waals surface area contributed by atoms with Gasteiger partial charge in [0.2, 0.25) is 0 Å². The molecular weight excluding hydrogens is 424 g/mol. The molecule has 0 amide bonds. The minimum absolute atomic E-state index is 0.0149. The molecule has 1 aliphatic rings. The van der Waals surface area contributed by atoms with E-state index in [1.807, 2.05) is 109 Å². The van der Waals surface area contributed by atoms with Crippen LogP contribution in [0.25, 0.3) is 6.08 Å². The summed E-state index contributed by atoms with van der Waals surface area (Å²) in [5, 5.41) is 0. The molecule has 0 radical (unpaired) electrons. The van der Waals surface area contributed by atoms with Crippen molar-refractivity contribution in [1.29, 1.82) is 0 Å². The molecule has 4 aromatic carbocycles. The summed E-state index contributed by atoms with van der Waals surface area (Å²) >= 11 is 0. The lowest BCUT2D eigenvalue weighted by Crippen LogP contribution is -2.34. The number of fused-ring (bicyclic) bond motifs is 1. The number of ether oxygens (including phenoxy) is 3. The SMILES string of the molecule is COc1ccc(C2(c3ccc(OC)cc3)C=Cc3cc(C(=O)c4ccccc4)ccc3O2)cc1. The van der Waals surface area contributed by atoms with Crippen LogP contribution in [0.15, 0.2) is 103 Å². The molecule has 0 aliphatic carbocycles. The van der Waals surface area contributed by atoms with Gasteiger partial charge in [-0.15, -0.1) is 0 Å². The van der Waals surface area contributed by atoms with Crippen LogP contribution < -0.4 is 14.2 Å². The van der Waals surface area contributed by atoms with E-state index in [-0.39, 0.29) is 5.78 Å². The molecule has 5 rings (SSSR count). The van der Waals surface area contributed by atoms with Gasteiger partial charge in [-0.1, -0.05) is 60.7 Å². The van der Waals surface area contributed by atoms with E-state index in [2.05, 4.69) is 0 Å². The molecule has 168 valence electrons. The van der Waals surface area contributed by atoms with Gasteiger partial charge in [0.15, 0.2) is 11.4 Å². The van der Waals surface area contributed by atoms with Gasteiger partial charge in [0.25, 0.3) is 0 Å². The average Bonchev–Trinajstić information content (AvgIpc) is 2.92. The van der Waals surface area contributed by atoms with Gasteiger partial charge in [-0.3, -0.25) is 4.79 Å². The Morgan fingerprint density at radius 1 is 0.706 bits per heavy atom. The van der Waals surface area contributed by atoms with E-state index in [9.17, 15) is 4.79 Å². The van der Waals surface area contributed by atoms with E-state index in [0.717, 1.165) is 28.2 Å². The smallest absolute Gasteiger partial charge is 0.193 e. The van der Waals surface area contributed by atoms with E-state index in [1.54, 1.807) is 14.2 Å². The van der Waals surface area contributed by atoms with Gasteiger partial charge < -0.3 is 14.2 Å². The Balaban J connectivity index is 1.57. The first kappa shape index (κ1) is 21.5. The summed E-state index contributed by atoms with van der Waals surface area (Å²) in [6.07, 6.45) is 4.06. The van der Waals surface area contributed by atoms with Crippen LogP contribution in [0.4, 0.5) is 0 Å². The van der Waals surface area contributed by atoms with Crippen LogP contribution in [0, 0.1) is 0 Å². The first-order valence-corrected chi connectivity index (χ1v) is 11.0. The maximum absolute atomic E-state index is 12.9. The molecule has 0 saturated carbocycles. The highest BCUT2D eigenvalue weighted by Gasteiger charge is 2.37. The molecule has 34 heavy (non-hydrogen) atoms. The van der Waals surface area contributed by atoms with Crippen molar-refractivity contribution in [3.8, 4) is 17.2 Å². The molecule has 0 fully saturated rings. The van der Waals surface area contributed by atoms with Crippen molar-refractivity contribution >= 4 is 11.9 Å². The minimum Gasteiger partial charge on any atom is -0.497 e. The van der Waals surface area contributed by atoms with Gasteiger partial charge in [-0.05, 0) is 48.5 Å². The highest BCUT2D eigenvalue weighted by molar-refractivity contribution is 6.09. The number of ketones is 1. The maximum Gasteiger partial charge on any atom is 0.193 e. The second-order valence-corrected chi connectivity index (χ2v) is 8.08. The summed E-state index contributed by atoms with van der Waals surface area (Å²) in [4.78, 5) is 12.9. The van der Waals surface area contributed by atoms with Crippen LogP contribution in [0.5, 0.6) is 17.2 Å². The fourth-order valence-corrected chi connectivity index (χ4v) is 4.24. The van der Waals surface area contributed by atoms with Gasteiger partial charge in [0.1, 0.15) is 17.2 Å². The topological polar surface area (TPSA) is 44.8 Å². The number of rotatable bonds is 6. The van der Waals surface area contributed by atoms with E-state index < -0.39 is 5.60 Å². The summed E-state index contributed by atoms with van der Waals surface area (Å²) < 4.78 is 17.4. The molecule has 4 aromatic rings. The number of methoxy groups -OCH3 is 2. The molecule has 0 saturated heterocycles. The van der Waals surface area contributed by atoms with Crippen molar-refractivity contribution in [2.24, 2.45) is 0 Å². The Bertz CT molecular complexity index is 1290. The molecule has 4 heteroatoms. The van der Waals surface area contributed by atoms with Crippen molar-refractivity contribution in [2.45, 2.75) is 5.60 Å². The van der Waals surface area contributed by atoms with Crippen LogP contribution in [0.1, 0.15) is 32.6 Å². The lowest BCUT2D eigenvalue weighted by Gasteiger charge is -2.36. The Hall–Kier alpha value is -4.31. The first-order chi connectivity index (χ1) is 16.6. The summed E-state index contributed by atoms with van der Waals surface area (Å²) in [7, 11) is 3.30. The van der Waals surface area contributed by atoms with Gasteiger partial charge in [-0.2, -0.15) is 0 Å². The fourth-order valence-electron chi connectivity index (χ4n) is 4.24. The zero-order chi connectivity index (χ0) is 23.5. The second-order valence-electron chi connectivity index (χ2n) is 8.08. The summed E-state index contributed by atoms with van der Waals surface area (Å²) in [6, 6.07) is 30.6. The maximum atomic E-state index is 12.9. The largest absolute Gasteiger partial charge is 0.497 e. The van der Waals surface area contributed by atoms with E-state index in [1.165, 1.54) is 0 Å². The molecule has 0 aromatic heterocycles. The molecular formula is C30H24O4. The van der Waals surface area contributed by atoms with Crippen molar-refractivity contribution in [3.63, 3.8) is 0 Å². The monoisotopic (exact) mass is 448 g/mol. The lowest BCUT2D eigenvalue weighted by molar-refractivity contribution is 0.103. The predicted octanol–water partition coefficient (Wildman–Crippen LogP) is 6.28. The molecule has 0 atom stereocenters. The summed E-state index contributed by atoms with van der Waals surface area (Å²) in [5.41, 5.74) is 3.24. The zero-order valence-corrected chi connectivity index (χ0v) is 19.0. The number of hydrogen-bond donors (Lipinski definition) is 0. The Morgan fingerprint density at radius 3 is 1.85 bits per heavy atom. The number of carbonyl (C=O) groups excluding carboxylic acids is 1. The molecule has 1 aliphatic heterocycles. The molecule has 1 heterocycles. The van der Waals surface area contributed by atoms with Crippen molar-refractivity contribution in [1.82, 2.24) is 0 Å². The van der Waals surface area contributed by atoms with Crippen LogP contribution >= 0.6 is 0 Å². The van der Waals surface area contributed by atoms with Crippen molar-refractivity contribution < 1.29 is 19.0 Å². The first-order valence-electron chi connectivity index (χ1n) is 11.0. The number of carbonyl (C=O) groups is 1. The van der Waals surface area contributed by atoms with Crippen LogP contribution in [-0.4, -0.2) is 20.0 Å². The fraction of sp³-hybridized carbons (Fsp3) is 0.100. The summed E-state index contributed by atoms with van der Waals surface area (Å²) in [5.74, 6) is 2.24. The van der Waals surface area contributed by atoms with Gasteiger partial charge in [0, 0.05) is 27.8 Å².